The molecular formula is C20H20Cl4O4P+. The first-order chi connectivity index (χ1) is 13.2. The second-order valence-electron chi connectivity index (χ2n) is 9.08. The number of hydrogen-bond acceptors (Lipinski definition) is 4. The molecule has 2 heterocycles. The summed E-state index contributed by atoms with van der Waals surface area (Å²) in [5.41, 5.74) is 1.83. The van der Waals surface area contributed by atoms with Crippen LogP contribution < -0.4 is 18.1 Å². The van der Waals surface area contributed by atoms with Crippen LogP contribution in [0.2, 0.25) is 20.1 Å². The molecule has 0 saturated heterocycles. The normalized spacial score (nSPS) is 16.6. The molecule has 156 valence electrons. The second kappa shape index (κ2) is 6.61. The van der Waals surface area contributed by atoms with Crippen molar-refractivity contribution < 1.29 is 18.1 Å². The Bertz CT molecular complexity index is 1000. The van der Waals surface area contributed by atoms with Crippen LogP contribution in [-0.4, -0.2) is 0 Å². The first kappa shape index (κ1) is 21.5. The van der Waals surface area contributed by atoms with Gasteiger partial charge in [-0.2, -0.15) is 0 Å². The van der Waals surface area contributed by atoms with Gasteiger partial charge in [-0.1, -0.05) is 94.0 Å². The van der Waals surface area contributed by atoms with Gasteiger partial charge >= 0.3 is 8.17 Å². The lowest BCUT2D eigenvalue weighted by Crippen LogP contribution is -2.16. The fraction of sp³-hybridized carbons (Fsp3) is 0.400. The van der Waals surface area contributed by atoms with E-state index in [-0.39, 0.29) is 42.4 Å². The van der Waals surface area contributed by atoms with Crippen LogP contribution in [0.5, 0.6) is 23.0 Å². The first-order valence-corrected chi connectivity index (χ1v) is 11.9. The van der Waals surface area contributed by atoms with Crippen LogP contribution >= 0.6 is 54.6 Å². The Morgan fingerprint density at radius 2 is 1.10 bits per heavy atom. The van der Waals surface area contributed by atoms with Gasteiger partial charge in [-0.05, 0) is 22.5 Å². The van der Waals surface area contributed by atoms with Crippen LogP contribution in [0.15, 0.2) is 12.1 Å². The van der Waals surface area contributed by atoms with Crippen molar-refractivity contribution in [1.29, 1.82) is 0 Å². The number of benzene rings is 2. The summed E-state index contributed by atoms with van der Waals surface area (Å²) in [4.78, 5) is 0. The highest BCUT2D eigenvalue weighted by atomic mass is 35.5. The van der Waals surface area contributed by atoms with Crippen LogP contribution in [0.4, 0.5) is 0 Å². The summed E-state index contributed by atoms with van der Waals surface area (Å²) in [5.74, 6) is 1.49. The summed E-state index contributed by atoms with van der Waals surface area (Å²) in [5, 5.41) is 0.371. The van der Waals surface area contributed by atoms with E-state index in [9.17, 15) is 0 Å². The van der Waals surface area contributed by atoms with Gasteiger partial charge in [0.15, 0.2) is 0 Å². The molecule has 0 aliphatic carbocycles. The van der Waals surface area contributed by atoms with Crippen molar-refractivity contribution in [3.8, 4) is 23.0 Å². The minimum absolute atomic E-state index is 0.0827. The van der Waals surface area contributed by atoms with E-state index in [1.54, 1.807) is 0 Å². The van der Waals surface area contributed by atoms with E-state index in [4.69, 9.17) is 64.5 Å². The molecule has 2 aromatic carbocycles. The standard InChI is InChI=1S/C20H20Cl4O4P/c1-19(2,3)9-7-10(20(4,5)6)16-11(8-9)25-29(26-16)27-17-14(23)12(21)13(22)15(24)18(17)28-29/h7-8H,1-6H3/q+1. The molecule has 1 spiro atoms. The van der Waals surface area contributed by atoms with Crippen molar-refractivity contribution in [2.75, 3.05) is 0 Å². The fourth-order valence-corrected chi connectivity index (χ4v) is 5.89. The van der Waals surface area contributed by atoms with Crippen molar-refractivity contribution in [2.24, 2.45) is 0 Å². The van der Waals surface area contributed by atoms with E-state index in [1.165, 1.54) is 0 Å². The van der Waals surface area contributed by atoms with Crippen LogP contribution in [0.3, 0.4) is 0 Å². The molecule has 0 N–H and O–H groups in total. The van der Waals surface area contributed by atoms with E-state index < -0.39 is 8.17 Å². The Morgan fingerprint density at radius 3 is 1.55 bits per heavy atom. The molecule has 0 unspecified atom stereocenters. The van der Waals surface area contributed by atoms with Crippen molar-refractivity contribution in [3.05, 3.63) is 43.4 Å². The fourth-order valence-electron chi connectivity index (χ4n) is 3.08. The molecule has 0 saturated carbocycles. The van der Waals surface area contributed by atoms with E-state index in [2.05, 4.69) is 47.6 Å². The molecule has 2 aliphatic rings. The Morgan fingerprint density at radius 1 is 0.621 bits per heavy atom. The molecular weight excluding hydrogens is 477 g/mol. The maximum Gasteiger partial charge on any atom is 0.767 e. The SMILES string of the molecule is CC(C)(C)c1cc2c(c(C(C)(C)C)c1)O[P+]1(O2)Oc2c(Cl)c(Cl)c(Cl)c(Cl)c2O1. The van der Waals surface area contributed by atoms with Gasteiger partial charge in [-0.3, -0.25) is 0 Å². The summed E-state index contributed by atoms with van der Waals surface area (Å²) in [6, 6.07) is 4.10. The summed E-state index contributed by atoms with van der Waals surface area (Å²) in [7, 11) is -3.31. The summed E-state index contributed by atoms with van der Waals surface area (Å²) in [6.07, 6.45) is 0. The van der Waals surface area contributed by atoms with Gasteiger partial charge in [-0.15, -0.1) is 0 Å². The summed E-state index contributed by atoms with van der Waals surface area (Å²) < 4.78 is 24.3. The predicted molar refractivity (Wildman–Crippen MR) is 120 cm³/mol. The van der Waals surface area contributed by atoms with Crippen molar-refractivity contribution in [2.45, 2.75) is 52.4 Å². The molecule has 2 aliphatic heterocycles. The number of fused-ring (bicyclic) bond motifs is 2. The van der Waals surface area contributed by atoms with Crippen molar-refractivity contribution >= 4 is 54.6 Å². The third-order valence-corrected chi connectivity index (χ3v) is 8.14. The highest BCUT2D eigenvalue weighted by Gasteiger charge is 2.68. The maximum atomic E-state index is 6.30. The molecule has 0 radical (unpaired) electrons. The van der Waals surface area contributed by atoms with Gasteiger partial charge < -0.3 is 0 Å². The molecule has 4 nitrogen and oxygen atoms in total. The first-order valence-electron chi connectivity index (χ1n) is 8.96. The Labute approximate surface area is 190 Å². The Hall–Kier alpha value is -0.770. The largest absolute Gasteiger partial charge is 0.767 e. The van der Waals surface area contributed by atoms with Crippen LogP contribution in [-0.2, 0) is 10.8 Å². The molecule has 0 amide bonds. The van der Waals surface area contributed by atoms with Crippen molar-refractivity contribution in [3.63, 3.8) is 0 Å². The highest BCUT2D eigenvalue weighted by Crippen LogP contribution is 2.76. The second-order valence-corrected chi connectivity index (χ2v) is 12.2. The zero-order valence-corrected chi connectivity index (χ0v) is 20.7. The lowest BCUT2D eigenvalue weighted by atomic mass is 9.80. The third-order valence-electron chi connectivity index (χ3n) is 4.73. The van der Waals surface area contributed by atoms with Gasteiger partial charge in [0.2, 0.25) is 11.5 Å². The maximum absolute atomic E-state index is 6.30. The van der Waals surface area contributed by atoms with Crippen LogP contribution in [0.25, 0.3) is 0 Å². The van der Waals surface area contributed by atoms with E-state index in [0.717, 1.165) is 11.1 Å². The minimum atomic E-state index is -3.31. The van der Waals surface area contributed by atoms with E-state index >= 15 is 0 Å². The summed E-state index contributed by atoms with van der Waals surface area (Å²) in [6.45, 7) is 12.8. The molecule has 0 atom stereocenters. The lowest BCUT2D eigenvalue weighted by molar-refractivity contribution is 0.332. The number of hydrogen-bond donors (Lipinski definition) is 0. The zero-order chi connectivity index (χ0) is 21.5. The number of halogens is 4. The zero-order valence-electron chi connectivity index (χ0n) is 16.7. The van der Waals surface area contributed by atoms with Gasteiger partial charge in [-0.25, -0.2) is 18.1 Å². The Balaban J connectivity index is 1.82. The summed E-state index contributed by atoms with van der Waals surface area (Å²) >= 11 is 24.9. The molecule has 9 heteroatoms. The van der Waals surface area contributed by atoms with E-state index in [1.807, 2.05) is 6.07 Å². The van der Waals surface area contributed by atoms with Gasteiger partial charge in [0, 0.05) is 5.56 Å². The molecule has 0 fully saturated rings. The van der Waals surface area contributed by atoms with Crippen LogP contribution in [0.1, 0.15) is 52.7 Å². The van der Waals surface area contributed by atoms with Crippen molar-refractivity contribution in [1.82, 2.24) is 0 Å². The highest BCUT2D eigenvalue weighted by molar-refractivity contribution is 7.58. The van der Waals surface area contributed by atoms with Gasteiger partial charge in [0.1, 0.15) is 10.0 Å². The average molecular weight is 497 g/mol. The molecule has 0 bridgehead atoms. The molecule has 29 heavy (non-hydrogen) atoms. The quantitative estimate of drug-likeness (QED) is 0.207. The minimum Gasteiger partial charge on any atom is -0.237 e. The monoisotopic (exact) mass is 495 g/mol. The molecule has 2 aromatic rings. The lowest BCUT2D eigenvalue weighted by Gasteiger charge is -2.24. The Kier molecular flexibility index (Phi) is 4.89. The van der Waals surface area contributed by atoms with Crippen LogP contribution in [0, 0.1) is 0 Å². The molecule has 0 aromatic heterocycles. The predicted octanol–water partition coefficient (Wildman–Crippen LogP) is 8.82. The third kappa shape index (κ3) is 3.42. The topological polar surface area (TPSA) is 36.9 Å². The van der Waals surface area contributed by atoms with E-state index in [0.29, 0.717) is 11.5 Å². The average Bonchev–Trinajstić information content (AvgIpc) is 3.15. The number of rotatable bonds is 0. The van der Waals surface area contributed by atoms with Gasteiger partial charge in [0.25, 0.3) is 11.5 Å². The van der Waals surface area contributed by atoms with Gasteiger partial charge in [0.05, 0.1) is 10.0 Å². The smallest absolute Gasteiger partial charge is 0.237 e. The molecule has 4 rings (SSSR count).